The fourth-order valence-electron chi connectivity index (χ4n) is 3.20. The van der Waals surface area contributed by atoms with Crippen molar-refractivity contribution in [2.24, 2.45) is 7.05 Å². The number of nitrogens with one attached hydrogen (secondary N) is 1. The van der Waals surface area contributed by atoms with Gasteiger partial charge in [0.15, 0.2) is 0 Å². The molecule has 2 aromatic heterocycles. The van der Waals surface area contributed by atoms with Crippen LogP contribution in [0.25, 0.3) is 11.3 Å². The number of methoxy groups -OCH3 is 1. The molecule has 0 atom stereocenters. The van der Waals surface area contributed by atoms with Crippen LogP contribution < -0.4 is 15.0 Å². The maximum absolute atomic E-state index is 6.31. The van der Waals surface area contributed by atoms with E-state index in [0.29, 0.717) is 16.7 Å². The summed E-state index contributed by atoms with van der Waals surface area (Å²) in [6.07, 6.45) is 5.53. The fraction of sp³-hybridized carbons (Fsp3) is 0.300. The number of benzene rings is 1. The normalized spacial score (nSPS) is 14.2. The van der Waals surface area contributed by atoms with Crippen LogP contribution in [0.2, 0.25) is 5.02 Å². The molecule has 0 bridgehead atoms. The van der Waals surface area contributed by atoms with Crippen LogP contribution in [0.5, 0.6) is 5.75 Å². The Morgan fingerprint density at radius 2 is 2.04 bits per heavy atom. The van der Waals surface area contributed by atoms with E-state index < -0.39 is 0 Å². The average Bonchev–Trinajstić information content (AvgIpc) is 3.16. The van der Waals surface area contributed by atoms with E-state index in [9.17, 15) is 0 Å². The van der Waals surface area contributed by atoms with Gasteiger partial charge in [-0.1, -0.05) is 11.6 Å². The number of ether oxygens (including phenoxy) is 2. The maximum Gasteiger partial charge on any atom is 0.227 e. The highest BCUT2D eigenvalue weighted by Gasteiger charge is 2.15. The lowest BCUT2D eigenvalue weighted by Crippen LogP contribution is -2.36. The number of anilines is 3. The number of aryl methyl sites for hydroxylation is 1. The molecule has 3 aromatic rings. The molecule has 0 radical (unpaired) electrons. The second-order valence-corrected chi connectivity index (χ2v) is 6.97. The highest BCUT2D eigenvalue weighted by Crippen LogP contribution is 2.33. The minimum absolute atomic E-state index is 0.459. The molecule has 1 aliphatic rings. The smallest absolute Gasteiger partial charge is 0.227 e. The summed E-state index contributed by atoms with van der Waals surface area (Å²) in [6.45, 7) is 3.22. The van der Waals surface area contributed by atoms with E-state index in [4.69, 9.17) is 21.1 Å². The second kappa shape index (κ2) is 8.08. The highest BCUT2D eigenvalue weighted by atomic mass is 35.5. The van der Waals surface area contributed by atoms with Crippen molar-refractivity contribution in [3.8, 4) is 17.0 Å². The lowest BCUT2D eigenvalue weighted by Gasteiger charge is -2.29. The van der Waals surface area contributed by atoms with E-state index >= 15 is 0 Å². The number of aromatic nitrogens is 3. The molecule has 28 heavy (non-hydrogen) atoms. The van der Waals surface area contributed by atoms with Crippen molar-refractivity contribution in [1.29, 1.82) is 0 Å². The van der Waals surface area contributed by atoms with Gasteiger partial charge >= 0.3 is 0 Å². The van der Waals surface area contributed by atoms with Gasteiger partial charge in [0.25, 0.3) is 0 Å². The quantitative estimate of drug-likeness (QED) is 0.705. The van der Waals surface area contributed by atoms with Crippen LogP contribution in [0.15, 0.2) is 42.9 Å². The summed E-state index contributed by atoms with van der Waals surface area (Å²) in [5, 5.41) is 3.75. The van der Waals surface area contributed by atoms with E-state index in [1.165, 1.54) is 0 Å². The summed E-state index contributed by atoms with van der Waals surface area (Å²) >= 11 is 6.31. The van der Waals surface area contributed by atoms with Crippen LogP contribution in [-0.4, -0.2) is 47.9 Å². The zero-order valence-electron chi connectivity index (χ0n) is 15.9. The van der Waals surface area contributed by atoms with Crippen molar-refractivity contribution in [2.45, 2.75) is 0 Å². The molecule has 0 aliphatic carbocycles. The Hall–Kier alpha value is -2.77. The maximum atomic E-state index is 6.31. The first kappa shape index (κ1) is 18.6. The minimum Gasteiger partial charge on any atom is -0.494 e. The number of morpholine rings is 1. The van der Waals surface area contributed by atoms with Crippen molar-refractivity contribution < 1.29 is 9.47 Å². The summed E-state index contributed by atoms with van der Waals surface area (Å²) in [5.74, 6) is 1.18. The van der Waals surface area contributed by atoms with Crippen molar-refractivity contribution in [1.82, 2.24) is 14.5 Å². The largest absolute Gasteiger partial charge is 0.494 e. The van der Waals surface area contributed by atoms with Crippen LogP contribution in [-0.2, 0) is 11.8 Å². The van der Waals surface area contributed by atoms with E-state index in [2.05, 4.69) is 26.3 Å². The first-order valence-electron chi connectivity index (χ1n) is 9.06. The number of rotatable bonds is 5. The Balaban J connectivity index is 1.60. The number of hydrogen-bond acceptors (Lipinski definition) is 6. The van der Waals surface area contributed by atoms with Gasteiger partial charge in [-0.15, -0.1) is 0 Å². The number of hydrogen-bond donors (Lipinski definition) is 1. The molecule has 1 fully saturated rings. The third kappa shape index (κ3) is 3.90. The standard InChI is InChI=1S/C20H22ClN5O2/c1-25-6-5-14(13-25)19-16(21)12-22-20(24-19)23-17-4-3-15(11-18(17)27-2)26-7-9-28-10-8-26/h3-6,11-13H,7-10H2,1-2H3,(H,22,23,24). The highest BCUT2D eigenvalue weighted by molar-refractivity contribution is 6.32. The molecule has 146 valence electrons. The molecule has 0 spiro atoms. The van der Waals surface area contributed by atoms with Gasteiger partial charge in [0, 0.05) is 49.8 Å². The Labute approximate surface area is 168 Å². The molecule has 1 aliphatic heterocycles. The van der Waals surface area contributed by atoms with Crippen LogP contribution >= 0.6 is 11.6 Å². The van der Waals surface area contributed by atoms with Crippen molar-refractivity contribution in [3.63, 3.8) is 0 Å². The molecule has 7 nitrogen and oxygen atoms in total. The summed E-state index contributed by atoms with van der Waals surface area (Å²) < 4.78 is 13.0. The van der Waals surface area contributed by atoms with Gasteiger partial charge in [-0.25, -0.2) is 9.97 Å². The van der Waals surface area contributed by atoms with E-state index in [0.717, 1.165) is 49.0 Å². The van der Waals surface area contributed by atoms with Crippen molar-refractivity contribution in [3.05, 3.63) is 47.9 Å². The van der Waals surface area contributed by atoms with Crippen LogP contribution in [0.3, 0.4) is 0 Å². The third-order valence-electron chi connectivity index (χ3n) is 4.66. The van der Waals surface area contributed by atoms with Gasteiger partial charge in [-0.3, -0.25) is 0 Å². The fourth-order valence-corrected chi connectivity index (χ4v) is 3.40. The molecule has 0 unspecified atom stereocenters. The average molecular weight is 400 g/mol. The molecule has 0 amide bonds. The van der Waals surface area contributed by atoms with Crippen LogP contribution in [0.1, 0.15) is 0 Å². The summed E-state index contributed by atoms with van der Waals surface area (Å²) in [5.41, 5.74) is 3.52. The Bertz CT molecular complexity index is 969. The SMILES string of the molecule is COc1cc(N2CCOCC2)ccc1Nc1ncc(Cl)c(-c2ccn(C)c2)n1. The van der Waals surface area contributed by atoms with Gasteiger partial charge in [-0.2, -0.15) is 0 Å². The van der Waals surface area contributed by atoms with E-state index in [-0.39, 0.29) is 0 Å². The summed E-state index contributed by atoms with van der Waals surface area (Å²) in [4.78, 5) is 11.2. The monoisotopic (exact) mass is 399 g/mol. The molecule has 1 N–H and O–H groups in total. The number of nitrogens with zero attached hydrogens (tertiary/aromatic N) is 4. The van der Waals surface area contributed by atoms with Crippen molar-refractivity contribution >= 4 is 28.9 Å². The first-order chi connectivity index (χ1) is 13.6. The van der Waals surface area contributed by atoms with Gasteiger partial charge in [0.05, 0.1) is 42.9 Å². The number of halogens is 1. The van der Waals surface area contributed by atoms with Gasteiger partial charge in [0.1, 0.15) is 5.75 Å². The second-order valence-electron chi connectivity index (χ2n) is 6.56. The Kier molecular flexibility index (Phi) is 5.36. The van der Waals surface area contributed by atoms with Crippen LogP contribution in [0.4, 0.5) is 17.3 Å². The molecule has 4 rings (SSSR count). The van der Waals surface area contributed by atoms with E-state index in [1.807, 2.05) is 42.2 Å². The van der Waals surface area contributed by atoms with Crippen molar-refractivity contribution in [2.75, 3.05) is 43.6 Å². The topological polar surface area (TPSA) is 64.4 Å². The van der Waals surface area contributed by atoms with Gasteiger partial charge in [-0.05, 0) is 18.2 Å². The lowest BCUT2D eigenvalue weighted by molar-refractivity contribution is 0.122. The first-order valence-corrected chi connectivity index (χ1v) is 9.44. The third-order valence-corrected chi connectivity index (χ3v) is 4.93. The Morgan fingerprint density at radius 1 is 1.21 bits per heavy atom. The molecule has 3 heterocycles. The molecular weight excluding hydrogens is 378 g/mol. The molecule has 1 aromatic carbocycles. The molecule has 0 saturated carbocycles. The molecular formula is C20H22ClN5O2. The predicted octanol–water partition coefficient (Wildman–Crippen LogP) is 3.72. The Morgan fingerprint density at radius 3 is 2.75 bits per heavy atom. The summed E-state index contributed by atoms with van der Waals surface area (Å²) in [7, 11) is 3.61. The van der Waals surface area contributed by atoms with Gasteiger partial charge < -0.3 is 24.3 Å². The van der Waals surface area contributed by atoms with E-state index in [1.54, 1.807) is 13.3 Å². The lowest BCUT2D eigenvalue weighted by atomic mass is 10.2. The van der Waals surface area contributed by atoms with Crippen LogP contribution in [0, 0.1) is 0 Å². The van der Waals surface area contributed by atoms with Gasteiger partial charge in [0.2, 0.25) is 5.95 Å². The molecule has 1 saturated heterocycles. The zero-order valence-corrected chi connectivity index (χ0v) is 16.6. The predicted molar refractivity (Wildman–Crippen MR) is 111 cm³/mol. The summed E-state index contributed by atoms with van der Waals surface area (Å²) in [6, 6.07) is 8.02. The zero-order chi connectivity index (χ0) is 19.5. The molecule has 8 heteroatoms. The minimum atomic E-state index is 0.459.